The van der Waals surface area contributed by atoms with Crippen molar-refractivity contribution in [3.05, 3.63) is 65.9 Å². The first-order valence-electron chi connectivity index (χ1n) is 8.13. The van der Waals surface area contributed by atoms with Gasteiger partial charge in [-0.2, -0.15) is 5.26 Å². The smallest absolute Gasteiger partial charge is 0.337 e. The number of nitrogens with two attached hydrogens (primary N) is 1. The molecule has 0 saturated carbocycles. The Morgan fingerprint density at radius 2 is 1.86 bits per heavy atom. The number of rotatable bonds is 5. The molecule has 0 heterocycles. The van der Waals surface area contributed by atoms with Crippen LogP contribution in [0, 0.1) is 11.3 Å². The molecule has 0 fully saturated rings. The molecule has 0 aliphatic heterocycles. The van der Waals surface area contributed by atoms with Crippen LogP contribution in [-0.4, -0.2) is 24.9 Å². The third-order valence-corrected chi connectivity index (χ3v) is 3.69. The van der Waals surface area contributed by atoms with Gasteiger partial charge in [0.05, 0.1) is 18.4 Å². The van der Waals surface area contributed by atoms with Gasteiger partial charge in [0.1, 0.15) is 11.6 Å². The largest absolute Gasteiger partial charge is 0.465 e. The lowest BCUT2D eigenvalue weighted by Gasteiger charge is -2.19. The number of nitriles is 1. The van der Waals surface area contributed by atoms with Crippen molar-refractivity contribution in [2.24, 2.45) is 0 Å². The Morgan fingerprint density at radius 3 is 2.43 bits per heavy atom. The Kier molecular flexibility index (Phi) is 6.49. The summed E-state index contributed by atoms with van der Waals surface area (Å²) in [6.45, 7) is 1.22. The Morgan fingerprint density at radius 1 is 1.18 bits per heavy atom. The van der Waals surface area contributed by atoms with Gasteiger partial charge in [0.15, 0.2) is 0 Å². The second-order valence-electron chi connectivity index (χ2n) is 5.64. The van der Waals surface area contributed by atoms with Gasteiger partial charge in [-0.05, 0) is 42.5 Å². The van der Waals surface area contributed by atoms with Crippen molar-refractivity contribution < 1.29 is 19.1 Å². The highest BCUT2D eigenvalue weighted by Gasteiger charge is 2.24. The van der Waals surface area contributed by atoms with Gasteiger partial charge in [-0.1, -0.05) is 6.07 Å². The molecule has 28 heavy (non-hydrogen) atoms. The van der Waals surface area contributed by atoms with Crippen LogP contribution in [0.1, 0.15) is 17.3 Å². The number of carbonyl (C=O) groups excluding carboxylic acids is 3. The minimum absolute atomic E-state index is 0.292. The van der Waals surface area contributed by atoms with E-state index in [4.69, 9.17) is 5.73 Å². The second-order valence-corrected chi connectivity index (χ2v) is 5.64. The van der Waals surface area contributed by atoms with E-state index in [1.807, 2.05) is 0 Å². The molecule has 2 aromatic carbocycles. The van der Waals surface area contributed by atoms with Gasteiger partial charge in [0.25, 0.3) is 5.91 Å². The number of anilines is 3. The number of hydrogen-bond acceptors (Lipinski definition) is 7. The topological polar surface area (TPSA) is 126 Å². The molecule has 0 saturated heterocycles. The fourth-order valence-corrected chi connectivity index (χ4v) is 2.34. The van der Waals surface area contributed by atoms with Crippen molar-refractivity contribution >= 4 is 34.8 Å². The van der Waals surface area contributed by atoms with Crippen LogP contribution in [0.4, 0.5) is 17.1 Å². The number of amides is 2. The van der Waals surface area contributed by atoms with E-state index < -0.39 is 17.8 Å². The van der Waals surface area contributed by atoms with E-state index in [2.05, 4.69) is 10.1 Å². The van der Waals surface area contributed by atoms with Gasteiger partial charge in [-0.15, -0.1) is 0 Å². The highest BCUT2D eigenvalue weighted by molar-refractivity contribution is 6.21. The molecule has 142 valence electrons. The predicted octanol–water partition coefficient (Wildman–Crippen LogP) is 2.45. The van der Waals surface area contributed by atoms with Gasteiger partial charge >= 0.3 is 5.97 Å². The average Bonchev–Trinajstić information content (AvgIpc) is 2.69. The maximum atomic E-state index is 12.7. The normalized spacial score (nSPS) is 10.5. The van der Waals surface area contributed by atoms with Crippen molar-refractivity contribution in [3.8, 4) is 6.07 Å². The number of nitrogen functional groups attached to an aromatic ring is 1. The van der Waals surface area contributed by atoms with Crippen molar-refractivity contribution in [2.45, 2.75) is 6.92 Å². The number of hydrogen-bond donors (Lipinski definition) is 2. The van der Waals surface area contributed by atoms with Crippen LogP contribution in [0.2, 0.25) is 0 Å². The molecular formula is C20H18N4O4. The Balaban J connectivity index is 2.28. The fraction of sp³-hybridized carbons (Fsp3) is 0.100. The van der Waals surface area contributed by atoms with Crippen LogP contribution in [0.25, 0.3) is 0 Å². The van der Waals surface area contributed by atoms with Crippen molar-refractivity contribution in [3.63, 3.8) is 0 Å². The molecule has 0 aliphatic carbocycles. The number of benzene rings is 2. The van der Waals surface area contributed by atoms with E-state index in [9.17, 15) is 19.6 Å². The maximum Gasteiger partial charge on any atom is 0.337 e. The van der Waals surface area contributed by atoms with E-state index in [0.29, 0.717) is 22.6 Å². The summed E-state index contributed by atoms with van der Waals surface area (Å²) in [5, 5.41) is 12.1. The van der Waals surface area contributed by atoms with E-state index in [1.165, 1.54) is 38.4 Å². The molecular weight excluding hydrogens is 360 g/mol. The number of carbonyl (C=O) groups is 3. The number of ether oxygens (including phenoxy) is 1. The zero-order chi connectivity index (χ0) is 20.7. The Hall–Kier alpha value is -4.12. The molecule has 2 aromatic rings. The lowest BCUT2D eigenvalue weighted by Crippen LogP contribution is -2.36. The zero-order valence-corrected chi connectivity index (χ0v) is 15.3. The molecule has 0 spiro atoms. The summed E-state index contributed by atoms with van der Waals surface area (Å²) < 4.78 is 4.65. The first-order valence-corrected chi connectivity index (χ1v) is 8.13. The van der Waals surface area contributed by atoms with Crippen LogP contribution in [0.5, 0.6) is 0 Å². The molecule has 0 aromatic heterocycles. The molecule has 0 atom stereocenters. The predicted molar refractivity (Wildman–Crippen MR) is 104 cm³/mol. The lowest BCUT2D eigenvalue weighted by atomic mass is 10.2. The standard InChI is InChI=1S/C20H18N4O4/c1-13(25)24(18-8-6-16(22)7-9-18)19(26)15(11-21)12-23-17-5-3-4-14(10-17)20(27)28-2/h3-10,12,23H,22H2,1-2H3/b15-12-. The highest BCUT2D eigenvalue weighted by atomic mass is 16.5. The van der Waals surface area contributed by atoms with Gasteiger partial charge in [-0.25, -0.2) is 9.69 Å². The average molecular weight is 378 g/mol. The van der Waals surface area contributed by atoms with Crippen LogP contribution in [-0.2, 0) is 14.3 Å². The van der Waals surface area contributed by atoms with Crippen molar-refractivity contribution in [1.82, 2.24) is 0 Å². The summed E-state index contributed by atoms with van der Waals surface area (Å²) in [5.74, 6) is -1.87. The number of methoxy groups -OCH3 is 1. The Labute approximate surface area is 161 Å². The SMILES string of the molecule is COC(=O)c1cccc(N/C=C(/C#N)C(=O)N(C(C)=O)c2ccc(N)cc2)c1. The van der Waals surface area contributed by atoms with Gasteiger partial charge in [0, 0.05) is 24.5 Å². The maximum absolute atomic E-state index is 12.7. The van der Waals surface area contributed by atoms with Crippen molar-refractivity contribution in [2.75, 3.05) is 23.1 Å². The van der Waals surface area contributed by atoms with Crippen molar-refractivity contribution in [1.29, 1.82) is 5.26 Å². The lowest BCUT2D eigenvalue weighted by molar-refractivity contribution is -0.123. The summed E-state index contributed by atoms with van der Waals surface area (Å²) in [5.41, 5.74) is 6.86. The molecule has 8 heteroatoms. The van der Waals surface area contributed by atoms with E-state index in [0.717, 1.165) is 4.90 Å². The highest BCUT2D eigenvalue weighted by Crippen LogP contribution is 2.19. The molecule has 2 rings (SSSR count). The molecule has 0 unspecified atom stereocenters. The van der Waals surface area contributed by atoms with Gasteiger partial charge in [-0.3, -0.25) is 9.59 Å². The molecule has 2 amide bonds. The summed E-state index contributed by atoms with van der Waals surface area (Å²) >= 11 is 0. The number of nitrogens with one attached hydrogen (secondary N) is 1. The van der Waals surface area contributed by atoms with Crippen LogP contribution >= 0.6 is 0 Å². The van der Waals surface area contributed by atoms with E-state index in [1.54, 1.807) is 36.4 Å². The summed E-state index contributed by atoms with van der Waals surface area (Å²) in [6.07, 6.45) is 1.17. The van der Waals surface area contributed by atoms with E-state index >= 15 is 0 Å². The first-order chi connectivity index (χ1) is 13.4. The minimum Gasteiger partial charge on any atom is -0.465 e. The zero-order valence-electron chi connectivity index (χ0n) is 15.3. The fourth-order valence-electron chi connectivity index (χ4n) is 2.34. The molecule has 0 radical (unpaired) electrons. The first kappa shape index (κ1) is 20.2. The summed E-state index contributed by atoms with van der Waals surface area (Å²) in [4.78, 5) is 37.2. The Bertz CT molecular complexity index is 974. The monoisotopic (exact) mass is 378 g/mol. The molecule has 3 N–H and O–H groups in total. The number of nitrogens with zero attached hydrogens (tertiary/aromatic N) is 2. The summed E-state index contributed by atoms with van der Waals surface area (Å²) in [6, 6.07) is 14.2. The van der Waals surface area contributed by atoms with Gasteiger partial charge in [0.2, 0.25) is 5.91 Å². The third-order valence-electron chi connectivity index (χ3n) is 3.69. The minimum atomic E-state index is -0.795. The quantitative estimate of drug-likeness (QED) is 0.354. The van der Waals surface area contributed by atoms with Gasteiger partial charge < -0.3 is 15.8 Å². The molecule has 0 aliphatic rings. The molecule has 8 nitrogen and oxygen atoms in total. The molecule has 0 bridgehead atoms. The third kappa shape index (κ3) is 4.74. The van der Waals surface area contributed by atoms with Crippen LogP contribution in [0.15, 0.2) is 60.3 Å². The number of imide groups is 1. The summed E-state index contributed by atoms with van der Waals surface area (Å²) in [7, 11) is 1.27. The second kappa shape index (κ2) is 9.00. The van der Waals surface area contributed by atoms with E-state index in [-0.39, 0.29) is 5.57 Å². The number of esters is 1. The van der Waals surface area contributed by atoms with Crippen LogP contribution in [0.3, 0.4) is 0 Å². The van der Waals surface area contributed by atoms with Crippen LogP contribution < -0.4 is 16.0 Å².